The molecule has 0 aliphatic carbocycles. The smallest absolute Gasteiger partial charge is 0.321 e. The van der Waals surface area contributed by atoms with Crippen molar-refractivity contribution in [3.8, 4) is 11.8 Å². The fraction of sp³-hybridized carbons (Fsp3) is 0.176. The maximum absolute atomic E-state index is 11.0. The average Bonchev–Trinajstić information content (AvgIpc) is 2.53. The summed E-state index contributed by atoms with van der Waals surface area (Å²) in [5, 5.41) is 17.9. The molecule has 0 aliphatic heterocycles. The molecule has 0 aliphatic rings. The summed E-state index contributed by atoms with van der Waals surface area (Å²) < 4.78 is 6.48. The van der Waals surface area contributed by atoms with E-state index in [1.165, 1.54) is 0 Å². The Morgan fingerprint density at radius 3 is 2.64 bits per heavy atom. The number of carboxylic acids is 1. The number of nitriles is 1. The van der Waals surface area contributed by atoms with Gasteiger partial charge in [0, 0.05) is 10.9 Å². The maximum atomic E-state index is 11.0. The summed E-state index contributed by atoms with van der Waals surface area (Å²) >= 11 is 3.38. The van der Waals surface area contributed by atoms with Crippen LogP contribution in [0.15, 0.2) is 53.0 Å². The van der Waals surface area contributed by atoms with Crippen LogP contribution in [0.25, 0.3) is 0 Å². The molecule has 0 aromatic heterocycles. The molecular weight excluding hydrogens is 346 g/mol. The maximum Gasteiger partial charge on any atom is 0.321 e. The number of aliphatic carboxylic acids is 1. The van der Waals surface area contributed by atoms with Gasteiger partial charge in [0.05, 0.1) is 6.07 Å². The molecule has 0 bridgehead atoms. The Bertz CT molecular complexity index is 695. The predicted octanol–water partition coefficient (Wildman–Crippen LogP) is 3.79. The average molecular weight is 360 g/mol. The highest BCUT2D eigenvalue weighted by Crippen LogP contribution is 2.25. The zero-order valence-electron chi connectivity index (χ0n) is 11.7. The summed E-state index contributed by atoms with van der Waals surface area (Å²) in [7, 11) is 0. The van der Waals surface area contributed by atoms with Gasteiger partial charge in [-0.1, -0.05) is 46.3 Å². The number of hydrogen-bond donors (Lipinski definition) is 1. The number of carbonyl (C=O) groups is 1. The Kier molecular flexibility index (Phi) is 5.56. The second-order valence-electron chi connectivity index (χ2n) is 4.75. The van der Waals surface area contributed by atoms with Crippen LogP contribution in [0, 0.1) is 17.2 Å². The third-order valence-corrected chi connectivity index (χ3v) is 3.92. The van der Waals surface area contributed by atoms with Gasteiger partial charge in [0.15, 0.2) is 0 Å². The lowest BCUT2D eigenvalue weighted by Crippen LogP contribution is -2.14. The summed E-state index contributed by atoms with van der Waals surface area (Å²) in [6.45, 7) is 0.433. The van der Waals surface area contributed by atoms with Crippen molar-refractivity contribution in [2.45, 2.75) is 13.0 Å². The molecule has 2 aromatic rings. The molecule has 2 rings (SSSR count). The lowest BCUT2D eigenvalue weighted by molar-refractivity contribution is -0.139. The van der Waals surface area contributed by atoms with Gasteiger partial charge >= 0.3 is 5.97 Å². The van der Waals surface area contributed by atoms with Crippen molar-refractivity contribution >= 4 is 21.9 Å². The van der Waals surface area contributed by atoms with Crippen LogP contribution in [0.2, 0.25) is 0 Å². The van der Waals surface area contributed by atoms with Crippen LogP contribution in [0.3, 0.4) is 0 Å². The van der Waals surface area contributed by atoms with Gasteiger partial charge in [0.1, 0.15) is 18.3 Å². The van der Waals surface area contributed by atoms with E-state index in [4.69, 9.17) is 15.1 Å². The molecule has 0 heterocycles. The van der Waals surface area contributed by atoms with Gasteiger partial charge in [0.2, 0.25) is 0 Å². The molecule has 1 N–H and O–H groups in total. The quantitative estimate of drug-likeness (QED) is 0.851. The molecule has 4 nitrogen and oxygen atoms in total. The third kappa shape index (κ3) is 4.34. The largest absolute Gasteiger partial charge is 0.489 e. The Morgan fingerprint density at radius 1 is 1.27 bits per heavy atom. The van der Waals surface area contributed by atoms with Gasteiger partial charge in [0.25, 0.3) is 0 Å². The first-order valence-electron chi connectivity index (χ1n) is 6.67. The number of hydrogen-bond acceptors (Lipinski definition) is 3. The zero-order chi connectivity index (χ0) is 15.9. The van der Waals surface area contributed by atoms with Gasteiger partial charge in [-0.3, -0.25) is 4.79 Å². The fourth-order valence-electron chi connectivity index (χ4n) is 1.95. The first-order chi connectivity index (χ1) is 10.6. The topological polar surface area (TPSA) is 70.3 Å². The van der Waals surface area contributed by atoms with E-state index in [1.807, 2.05) is 30.3 Å². The Balaban J connectivity index is 2.09. The molecule has 0 saturated heterocycles. The van der Waals surface area contributed by atoms with Crippen LogP contribution in [0.4, 0.5) is 0 Å². The van der Waals surface area contributed by atoms with E-state index in [-0.39, 0.29) is 6.42 Å². The van der Waals surface area contributed by atoms with Gasteiger partial charge in [-0.15, -0.1) is 0 Å². The van der Waals surface area contributed by atoms with Crippen molar-refractivity contribution in [2.24, 2.45) is 5.92 Å². The number of benzene rings is 2. The number of rotatable bonds is 6. The van der Waals surface area contributed by atoms with Gasteiger partial charge in [-0.05, 0) is 29.3 Å². The number of nitrogens with zero attached hydrogens (tertiary/aromatic N) is 1. The Labute approximate surface area is 137 Å². The van der Waals surface area contributed by atoms with E-state index in [2.05, 4.69) is 15.9 Å². The monoisotopic (exact) mass is 359 g/mol. The van der Waals surface area contributed by atoms with Crippen molar-refractivity contribution in [1.29, 1.82) is 5.26 Å². The standard InChI is InChI=1S/C17H14BrNO3/c18-16-7-6-15(22-11-12-4-2-1-3-5-12)9-13(16)8-14(10-19)17(20)21/h1-7,9,14H,8,11H2,(H,20,21). The molecule has 0 saturated carbocycles. The molecule has 1 unspecified atom stereocenters. The molecule has 0 spiro atoms. The van der Waals surface area contributed by atoms with E-state index in [1.54, 1.807) is 24.3 Å². The van der Waals surface area contributed by atoms with Crippen LogP contribution < -0.4 is 4.74 Å². The van der Waals surface area contributed by atoms with Crippen molar-refractivity contribution < 1.29 is 14.6 Å². The molecule has 1 atom stereocenters. The summed E-state index contributed by atoms with van der Waals surface area (Å²) in [6.07, 6.45) is 0.134. The molecule has 0 fully saturated rings. The summed E-state index contributed by atoms with van der Waals surface area (Å²) in [5.74, 6) is -1.55. The van der Waals surface area contributed by atoms with E-state index >= 15 is 0 Å². The predicted molar refractivity (Wildman–Crippen MR) is 85.4 cm³/mol. The SMILES string of the molecule is N#CC(Cc1cc(OCc2ccccc2)ccc1Br)C(=O)O. The number of halogens is 1. The highest BCUT2D eigenvalue weighted by molar-refractivity contribution is 9.10. The van der Waals surface area contributed by atoms with E-state index < -0.39 is 11.9 Å². The fourth-order valence-corrected chi connectivity index (χ4v) is 2.35. The minimum atomic E-state index is -1.12. The normalized spacial score (nSPS) is 11.5. The van der Waals surface area contributed by atoms with Crippen molar-refractivity contribution in [2.75, 3.05) is 0 Å². The number of ether oxygens (including phenoxy) is 1. The molecule has 22 heavy (non-hydrogen) atoms. The minimum Gasteiger partial charge on any atom is -0.489 e. The highest BCUT2D eigenvalue weighted by Gasteiger charge is 2.18. The summed E-state index contributed by atoms with van der Waals surface area (Å²) in [5.41, 5.74) is 1.78. The molecule has 0 radical (unpaired) electrons. The highest BCUT2D eigenvalue weighted by atomic mass is 79.9. The third-order valence-electron chi connectivity index (χ3n) is 3.14. The first-order valence-corrected chi connectivity index (χ1v) is 7.47. The zero-order valence-corrected chi connectivity index (χ0v) is 13.3. The molecule has 5 heteroatoms. The number of carboxylic acid groups (broad SMARTS) is 1. The van der Waals surface area contributed by atoms with Gasteiger partial charge in [-0.2, -0.15) is 5.26 Å². The Hall–Kier alpha value is -2.32. The minimum absolute atomic E-state index is 0.134. The van der Waals surface area contributed by atoms with Crippen LogP contribution in [-0.2, 0) is 17.8 Å². The van der Waals surface area contributed by atoms with Crippen LogP contribution >= 0.6 is 15.9 Å². The first kappa shape index (κ1) is 16.1. The van der Waals surface area contributed by atoms with Gasteiger partial charge in [-0.25, -0.2) is 0 Å². The second-order valence-corrected chi connectivity index (χ2v) is 5.61. The van der Waals surface area contributed by atoms with Crippen molar-refractivity contribution in [3.05, 3.63) is 64.1 Å². The molecule has 112 valence electrons. The van der Waals surface area contributed by atoms with Crippen LogP contribution in [0.1, 0.15) is 11.1 Å². The molecular formula is C17H14BrNO3. The summed E-state index contributed by atoms with van der Waals surface area (Å²) in [4.78, 5) is 11.0. The van der Waals surface area contributed by atoms with E-state index in [9.17, 15) is 4.79 Å². The van der Waals surface area contributed by atoms with Crippen molar-refractivity contribution in [3.63, 3.8) is 0 Å². The second kappa shape index (κ2) is 7.62. The lowest BCUT2D eigenvalue weighted by atomic mass is 10.0. The Morgan fingerprint density at radius 2 is 2.00 bits per heavy atom. The molecule has 2 aromatic carbocycles. The van der Waals surface area contributed by atoms with Crippen molar-refractivity contribution in [1.82, 2.24) is 0 Å². The molecule has 0 amide bonds. The van der Waals surface area contributed by atoms with Gasteiger partial charge < -0.3 is 9.84 Å². The van der Waals surface area contributed by atoms with E-state index in [0.29, 0.717) is 12.4 Å². The summed E-state index contributed by atoms with van der Waals surface area (Å²) in [6, 6.07) is 16.9. The van der Waals surface area contributed by atoms with Crippen LogP contribution in [0.5, 0.6) is 5.75 Å². The lowest BCUT2D eigenvalue weighted by Gasteiger charge is -2.11. The van der Waals surface area contributed by atoms with E-state index in [0.717, 1.165) is 15.6 Å². The van der Waals surface area contributed by atoms with Crippen LogP contribution in [-0.4, -0.2) is 11.1 Å².